The zero-order chi connectivity index (χ0) is 23.1. The molecule has 0 unspecified atom stereocenters. The first-order valence-corrected chi connectivity index (χ1v) is 9.37. The molecule has 0 aromatic heterocycles. The monoisotopic (exact) mass is 437 g/mol. The van der Waals surface area contributed by atoms with E-state index in [1.165, 1.54) is 12.5 Å². The molecule has 1 aliphatic rings. The summed E-state index contributed by atoms with van der Waals surface area (Å²) in [4.78, 5) is 14.3. The number of aromatic hydroxyl groups is 1. The van der Waals surface area contributed by atoms with Crippen LogP contribution in [-0.2, 0) is 4.79 Å². The topological polar surface area (TPSA) is 49.7 Å². The van der Waals surface area contributed by atoms with Gasteiger partial charge in [-0.3, -0.25) is 9.79 Å². The van der Waals surface area contributed by atoms with E-state index < -0.39 is 35.7 Å². The standard InChI is InChI=1S/C14H17F6NO.C7H8O/c1-8(22)7-12(14(18,19)20)21-9(2)10-3-5-11(6-4-10)13(15,16)17;1-6-2-4-7(8)5-3-6/h7,10-11H,3-6H2,1-2H3;2-5,8H,1H3/b12-7-,21-9?;. The fourth-order valence-corrected chi connectivity index (χ4v) is 3.03. The number of aryl methyl sites for hydroxylation is 1. The number of allylic oxidation sites excluding steroid dienone is 2. The third-order valence-electron chi connectivity index (χ3n) is 4.74. The fourth-order valence-electron chi connectivity index (χ4n) is 3.03. The van der Waals surface area contributed by atoms with Crippen molar-refractivity contribution >= 4 is 11.5 Å². The van der Waals surface area contributed by atoms with E-state index in [4.69, 9.17) is 5.11 Å². The Kier molecular flexibility index (Phi) is 9.11. The van der Waals surface area contributed by atoms with Crippen molar-refractivity contribution in [3.63, 3.8) is 0 Å². The van der Waals surface area contributed by atoms with E-state index in [9.17, 15) is 31.1 Å². The van der Waals surface area contributed by atoms with Crippen LogP contribution in [0.25, 0.3) is 0 Å². The van der Waals surface area contributed by atoms with E-state index in [1.807, 2.05) is 19.1 Å². The van der Waals surface area contributed by atoms with Crippen molar-refractivity contribution in [2.45, 2.75) is 58.8 Å². The Balaban J connectivity index is 0.000000467. The quantitative estimate of drug-likeness (QED) is 0.331. The SMILES string of the molecule is CC(=O)/C=C(\N=C(C)C1CCC(C(F)(F)F)CC1)C(F)(F)F.Cc1ccc(O)cc1. The number of carbonyl (C=O) groups excluding carboxylic acids is 1. The molecule has 0 bridgehead atoms. The predicted molar refractivity (Wildman–Crippen MR) is 102 cm³/mol. The summed E-state index contributed by atoms with van der Waals surface area (Å²) in [5.74, 6) is -2.28. The summed E-state index contributed by atoms with van der Waals surface area (Å²) in [5.41, 5.74) is -0.0244. The minimum Gasteiger partial charge on any atom is -0.508 e. The Hall–Kier alpha value is -2.32. The number of nitrogens with zero attached hydrogens (tertiary/aromatic N) is 1. The van der Waals surface area contributed by atoms with Crippen molar-refractivity contribution < 1.29 is 36.2 Å². The van der Waals surface area contributed by atoms with Crippen LogP contribution < -0.4 is 0 Å². The summed E-state index contributed by atoms with van der Waals surface area (Å²) in [6.07, 6.45) is -8.57. The maximum absolute atomic E-state index is 12.7. The predicted octanol–water partition coefficient (Wildman–Crippen LogP) is 6.55. The molecule has 2 rings (SSSR count). The van der Waals surface area contributed by atoms with Crippen molar-refractivity contribution in [3.05, 3.63) is 41.6 Å². The van der Waals surface area contributed by atoms with E-state index >= 15 is 0 Å². The Morgan fingerprint density at radius 3 is 1.87 bits per heavy atom. The second-order valence-electron chi connectivity index (χ2n) is 7.32. The molecule has 1 aromatic carbocycles. The Morgan fingerprint density at radius 2 is 1.50 bits per heavy atom. The lowest BCUT2D eigenvalue weighted by atomic mass is 9.79. The molecule has 0 heterocycles. The molecule has 0 aliphatic heterocycles. The summed E-state index contributed by atoms with van der Waals surface area (Å²) >= 11 is 0. The van der Waals surface area contributed by atoms with Crippen LogP contribution in [0.3, 0.4) is 0 Å². The number of aliphatic imine (C=N–C) groups is 1. The van der Waals surface area contributed by atoms with E-state index in [1.54, 1.807) is 12.1 Å². The van der Waals surface area contributed by atoms with E-state index in [0.29, 0.717) is 11.8 Å². The molecule has 30 heavy (non-hydrogen) atoms. The van der Waals surface area contributed by atoms with Gasteiger partial charge in [-0.15, -0.1) is 0 Å². The van der Waals surface area contributed by atoms with Crippen LogP contribution in [0.15, 0.2) is 41.0 Å². The van der Waals surface area contributed by atoms with Crippen LogP contribution in [0, 0.1) is 18.8 Å². The van der Waals surface area contributed by atoms with Crippen molar-refractivity contribution in [2.24, 2.45) is 16.8 Å². The highest BCUT2D eigenvalue weighted by Gasteiger charge is 2.42. The third kappa shape index (κ3) is 9.00. The van der Waals surface area contributed by atoms with Gasteiger partial charge in [0.05, 0.1) is 5.92 Å². The fraction of sp³-hybridized carbons (Fsp3) is 0.524. The molecule has 1 N–H and O–H groups in total. The highest BCUT2D eigenvalue weighted by atomic mass is 19.4. The largest absolute Gasteiger partial charge is 0.508 e. The normalized spacial score (nSPS) is 21.0. The number of phenolic OH excluding ortho intramolecular Hbond substituents is 1. The van der Waals surface area contributed by atoms with Crippen LogP contribution in [0.1, 0.15) is 45.1 Å². The van der Waals surface area contributed by atoms with Crippen molar-refractivity contribution in [2.75, 3.05) is 0 Å². The van der Waals surface area contributed by atoms with Crippen LogP contribution in [0.5, 0.6) is 5.75 Å². The van der Waals surface area contributed by atoms with Gasteiger partial charge >= 0.3 is 12.4 Å². The van der Waals surface area contributed by atoms with Crippen LogP contribution in [0.2, 0.25) is 0 Å². The van der Waals surface area contributed by atoms with Gasteiger partial charge in [-0.2, -0.15) is 26.3 Å². The molecular weight excluding hydrogens is 412 g/mol. The average Bonchev–Trinajstić information content (AvgIpc) is 2.62. The van der Waals surface area contributed by atoms with E-state index in [-0.39, 0.29) is 31.4 Å². The zero-order valence-electron chi connectivity index (χ0n) is 16.9. The summed E-state index contributed by atoms with van der Waals surface area (Å²) < 4.78 is 75.9. The number of hydrogen-bond donors (Lipinski definition) is 1. The average molecular weight is 437 g/mol. The second kappa shape index (κ2) is 10.6. The maximum Gasteiger partial charge on any atom is 0.433 e. The summed E-state index contributed by atoms with van der Waals surface area (Å²) in [6.45, 7) is 4.32. The Labute approximate surface area is 171 Å². The molecule has 9 heteroatoms. The first kappa shape index (κ1) is 25.7. The zero-order valence-corrected chi connectivity index (χ0v) is 16.9. The van der Waals surface area contributed by atoms with Crippen LogP contribution in [-0.4, -0.2) is 29.0 Å². The lowest BCUT2D eigenvalue weighted by Crippen LogP contribution is -2.30. The minimum atomic E-state index is -4.77. The number of phenols is 1. The van der Waals surface area contributed by atoms with E-state index in [0.717, 1.165) is 6.92 Å². The smallest absolute Gasteiger partial charge is 0.433 e. The third-order valence-corrected chi connectivity index (χ3v) is 4.74. The van der Waals surface area contributed by atoms with Crippen LogP contribution in [0.4, 0.5) is 26.3 Å². The molecule has 0 spiro atoms. The highest BCUT2D eigenvalue weighted by molar-refractivity contribution is 5.90. The molecule has 1 fully saturated rings. The molecule has 3 nitrogen and oxygen atoms in total. The number of carbonyl (C=O) groups is 1. The van der Waals surface area contributed by atoms with Gasteiger partial charge in [0, 0.05) is 11.8 Å². The lowest BCUT2D eigenvalue weighted by molar-refractivity contribution is -0.182. The van der Waals surface area contributed by atoms with Gasteiger partial charge in [0.2, 0.25) is 0 Å². The van der Waals surface area contributed by atoms with Gasteiger partial charge in [0.15, 0.2) is 5.78 Å². The number of rotatable bonds is 3. The number of ketones is 1. The summed E-state index contributed by atoms with van der Waals surface area (Å²) in [5, 5.41) is 8.76. The van der Waals surface area contributed by atoms with Crippen molar-refractivity contribution in [1.82, 2.24) is 0 Å². The first-order valence-electron chi connectivity index (χ1n) is 9.37. The molecule has 1 saturated carbocycles. The molecule has 0 amide bonds. The van der Waals surface area contributed by atoms with Gasteiger partial charge in [-0.25, -0.2) is 0 Å². The number of alkyl halides is 6. The van der Waals surface area contributed by atoms with Crippen molar-refractivity contribution in [3.8, 4) is 5.75 Å². The summed E-state index contributed by atoms with van der Waals surface area (Å²) in [6, 6.07) is 7.09. The number of halogens is 6. The number of hydrogen-bond acceptors (Lipinski definition) is 3. The van der Waals surface area contributed by atoms with Crippen LogP contribution >= 0.6 is 0 Å². The molecule has 0 atom stereocenters. The van der Waals surface area contributed by atoms with Gasteiger partial charge in [0.1, 0.15) is 11.4 Å². The number of benzene rings is 1. The molecule has 168 valence electrons. The highest BCUT2D eigenvalue weighted by Crippen LogP contribution is 2.40. The second-order valence-corrected chi connectivity index (χ2v) is 7.32. The van der Waals surface area contributed by atoms with Gasteiger partial charge in [-0.1, -0.05) is 17.7 Å². The molecule has 0 radical (unpaired) electrons. The van der Waals surface area contributed by atoms with Gasteiger partial charge in [-0.05, 0) is 64.5 Å². The molecule has 0 saturated heterocycles. The van der Waals surface area contributed by atoms with E-state index in [2.05, 4.69) is 4.99 Å². The van der Waals surface area contributed by atoms with Gasteiger partial charge in [0.25, 0.3) is 0 Å². The maximum atomic E-state index is 12.7. The lowest BCUT2D eigenvalue weighted by Gasteiger charge is -2.29. The molecular formula is C21H25F6NO2. The minimum absolute atomic E-state index is 0.112. The molecule has 1 aromatic rings. The van der Waals surface area contributed by atoms with Crippen molar-refractivity contribution in [1.29, 1.82) is 0 Å². The Morgan fingerprint density at radius 1 is 1.00 bits per heavy atom. The van der Waals surface area contributed by atoms with Gasteiger partial charge < -0.3 is 5.11 Å². The first-order chi connectivity index (χ1) is 13.7. The Bertz CT molecular complexity index is 734. The molecule has 1 aliphatic carbocycles. The summed E-state index contributed by atoms with van der Waals surface area (Å²) in [7, 11) is 0.